The smallest absolute Gasteiger partial charge is 0.255 e. The van der Waals surface area contributed by atoms with Crippen molar-refractivity contribution in [1.82, 2.24) is 0 Å². The summed E-state index contributed by atoms with van der Waals surface area (Å²) in [6.07, 6.45) is 3.26. The van der Waals surface area contributed by atoms with E-state index in [-0.39, 0.29) is 11.6 Å². The Hall–Kier alpha value is -2.16. The lowest BCUT2D eigenvalue weighted by Crippen LogP contribution is -2.13. The van der Waals surface area contributed by atoms with E-state index < -0.39 is 5.82 Å². The van der Waals surface area contributed by atoms with E-state index in [9.17, 15) is 9.18 Å². The summed E-state index contributed by atoms with van der Waals surface area (Å²) in [4.78, 5) is 12.2. The van der Waals surface area contributed by atoms with Crippen molar-refractivity contribution in [1.29, 1.82) is 0 Å². The number of fused-ring (bicyclic) bond motifs is 1. The lowest BCUT2D eigenvalue weighted by Gasteiger charge is -2.08. The molecule has 20 heavy (non-hydrogen) atoms. The van der Waals surface area contributed by atoms with E-state index in [0.717, 1.165) is 24.8 Å². The number of amides is 1. The minimum Gasteiger partial charge on any atom is -0.319 e. The number of rotatable bonds is 2. The van der Waals surface area contributed by atoms with Crippen LogP contribution in [0.1, 0.15) is 33.5 Å². The Morgan fingerprint density at radius 2 is 1.90 bits per heavy atom. The third-order valence-corrected chi connectivity index (χ3v) is 3.73. The first kappa shape index (κ1) is 12.9. The predicted molar refractivity (Wildman–Crippen MR) is 77.6 cm³/mol. The molecule has 0 radical (unpaired) electrons. The molecule has 0 heterocycles. The molecule has 1 amide bonds. The number of hydrogen-bond acceptors (Lipinski definition) is 1. The molecule has 102 valence electrons. The first-order chi connectivity index (χ1) is 9.63. The summed E-state index contributed by atoms with van der Waals surface area (Å²) >= 11 is 0. The van der Waals surface area contributed by atoms with E-state index in [2.05, 4.69) is 5.32 Å². The SMILES string of the molecule is Cc1ccc(NC(=O)c2ccc3c(c2)CCC3)c(F)c1. The molecule has 0 saturated heterocycles. The third kappa shape index (κ3) is 2.44. The lowest BCUT2D eigenvalue weighted by molar-refractivity contribution is 0.102. The van der Waals surface area contributed by atoms with Crippen molar-refractivity contribution in [3.05, 3.63) is 64.5 Å². The maximum Gasteiger partial charge on any atom is 0.255 e. The quantitative estimate of drug-likeness (QED) is 0.880. The van der Waals surface area contributed by atoms with Crippen LogP contribution in [0.25, 0.3) is 0 Å². The number of carbonyl (C=O) groups is 1. The zero-order valence-electron chi connectivity index (χ0n) is 11.4. The van der Waals surface area contributed by atoms with E-state index >= 15 is 0 Å². The van der Waals surface area contributed by atoms with Crippen LogP contribution in [0.15, 0.2) is 36.4 Å². The van der Waals surface area contributed by atoms with Crippen molar-refractivity contribution in [2.24, 2.45) is 0 Å². The molecule has 0 aliphatic heterocycles. The Kier molecular flexibility index (Phi) is 3.26. The van der Waals surface area contributed by atoms with Gasteiger partial charge in [-0.05, 0) is 67.1 Å². The van der Waals surface area contributed by atoms with Gasteiger partial charge in [0.25, 0.3) is 5.91 Å². The molecule has 0 bridgehead atoms. The van der Waals surface area contributed by atoms with Crippen molar-refractivity contribution >= 4 is 11.6 Å². The van der Waals surface area contributed by atoms with Crippen LogP contribution < -0.4 is 5.32 Å². The van der Waals surface area contributed by atoms with Gasteiger partial charge in [-0.2, -0.15) is 0 Å². The van der Waals surface area contributed by atoms with Gasteiger partial charge in [-0.1, -0.05) is 12.1 Å². The number of aryl methyl sites for hydroxylation is 3. The summed E-state index contributed by atoms with van der Waals surface area (Å²) in [5, 5.41) is 2.63. The highest BCUT2D eigenvalue weighted by Crippen LogP contribution is 2.23. The molecule has 0 aromatic heterocycles. The largest absolute Gasteiger partial charge is 0.319 e. The monoisotopic (exact) mass is 269 g/mol. The van der Waals surface area contributed by atoms with Crippen LogP contribution in [-0.4, -0.2) is 5.91 Å². The van der Waals surface area contributed by atoms with Crippen LogP contribution >= 0.6 is 0 Å². The van der Waals surface area contributed by atoms with Crippen LogP contribution in [-0.2, 0) is 12.8 Å². The molecule has 2 aromatic carbocycles. The van der Waals surface area contributed by atoms with Crippen LogP contribution in [0.3, 0.4) is 0 Å². The number of halogens is 1. The fourth-order valence-corrected chi connectivity index (χ4v) is 2.63. The highest BCUT2D eigenvalue weighted by atomic mass is 19.1. The Bertz CT molecular complexity index is 679. The molecule has 2 aromatic rings. The van der Waals surface area contributed by atoms with Crippen LogP contribution in [0.2, 0.25) is 0 Å². The third-order valence-electron chi connectivity index (χ3n) is 3.73. The highest BCUT2D eigenvalue weighted by Gasteiger charge is 2.14. The van der Waals surface area contributed by atoms with E-state index in [0.29, 0.717) is 5.56 Å². The molecule has 1 N–H and O–H groups in total. The summed E-state index contributed by atoms with van der Waals surface area (Å²) in [6.45, 7) is 1.81. The summed E-state index contributed by atoms with van der Waals surface area (Å²) in [5.41, 5.74) is 4.20. The average molecular weight is 269 g/mol. The number of anilines is 1. The molecule has 0 fully saturated rings. The topological polar surface area (TPSA) is 29.1 Å². The molecule has 1 aliphatic rings. The summed E-state index contributed by atoms with van der Waals surface area (Å²) in [7, 11) is 0. The molecule has 2 nitrogen and oxygen atoms in total. The molecule has 0 saturated carbocycles. The minimum absolute atomic E-state index is 0.223. The van der Waals surface area contributed by atoms with Gasteiger partial charge in [0.15, 0.2) is 0 Å². The van der Waals surface area contributed by atoms with Gasteiger partial charge < -0.3 is 5.32 Å². The second-order valence-corrected chi connectivity index (χ2v) is 5.27. The zero-order valence-corrected chi connectivity index (χ0v) is 11.4. The summed E-state index contributed by atoms with van der Waals surface area (Å²) in [5.74, 6) is -0.665. The first-order valence-corrected chi connectivity index (χ1v) is 6.83. The van der Waals surface area contributed by atoms with Gasteiger partial charge in [0, 0.05) is 5.56 Å². The number of nitrogens with one attached hydrogen (secondary N) is 1. The molecule has 3 heteroatoms. The summed E-state index contributed by atoms with van der Waals surface area (Å²) < 4.78 is 13.7. The highest BCUT2D eigenvalue weighted by molar-refractivity contribution is 6.04. The molecule has 0 spiro atoms. The number of benzene rings is 2. The molecule has 0 unspecified atom stereocenters. The van der Waals surface area contributed by atoms with Crippen LogP contribution in [0.4, 0.5) is 10.1 Å². The molecule has 0 atom stereocenters. The Balaban J connectivity index is 1.82. The number of carbonyl (C=O) groups excluding carboxylic acids is 1. The van der Waals surface area contributed by atoms with Crippen LogP contribution in [0.5, 0.6) is 0 Å². The lowest BCUT2D eigenvalue weighted by atomic mass is 10.1. The normalized spacial score (nSPS) is 13.1. The van der Waals surface area contributed by atoms with E-state index in [1.54, 1.807) is 12.1 Å². The van der Waals surface area contributed by atoms with Crippen LogP contribution in [0, 0.1) is 12.7 Å². The van der Waals surface area contributed by atoms with E-state index in [1.165, 1.54) is 17.2 Å². The van der Waals surface area contributed by atoms with Gasteiger partial charge in [0.1, 0.15) is 5.82 Å². The van der Waals surface area contributed by atoms with Gasteiger partial charge in [0.05, 0.1) is 5.69 Å². The summed E-state index contributed by atoms with van der Waals surface area (Å²) in [6, 6.07) is 10.5. The van der Waals surface area contributed by atoms with Crippen molar-refractivity contribution in [2.75, 3.05) is 5.32 Å². The average Bonchev–Trinajstić information content (AvgIpc) is 2.89. The fourth-order valence-electron chi connectivity index (χ4n) is 2.63. The fraction of sp³-hybridized carbons (Fsp3) is 0.235. The van der Waals surface area contributed by atoms with Gasteiger partial charge in [-0.25, -0.2) is 4.39 Å². The van der Waals surface area contributed by atoms with E-state index in [4.69, 9.17) is 0 Å². The van der Waals surface area contributed by atoms with Crippen molar-refractivity contribution in [3.8, 4) is 0 Å². The second-order valence-electron chi connectivity index (χ2n) is 5.27. The zero-order chi connectivity index (χ0) is 14.1. The number of hydrogen-bond donors (Lipinski definition) is 1. The molecule has 1 aliphatic carbocycles. The molecule has 3 rings (SSSR count). The maximum absolute atomic E-state index is 13.7. The standard InChI is InChI=1S/C17H16FNO/c1-11-5-8-16(15(18)9-11)19-17(20)14-7-6-12-3-2-4-13(12)10-14/h5-10H,2-4H2,1H3,(H,19,20). The van der Waals surface area contributed by atoms with E-state index in [1.807, 2.05) is 25.1 Å². The van der Waals surface area contributed by atoms with Crippen molar-refractivity contribution < 1.29 is 9.18 Å². The van der Waals surface area contributed by atoms with Crippen molar-refractivity contribution in [2.45, 2.75) is 26.2 Å². The van der Waals surface area contributed by atoms with Gasteiger partial charge in [0.2, 0.25) is 0 Å². The van der Waals surface area contributed by atoms with Gasteiger partial charge >= 0.3 is 0 Å². The Morgan fingerprint density at radius 1 is 1.10 bits per heavy atom. The molecular formula is C17H16FNO. The van der Waals surface area contributed by atoms with Gasteiger partial charge in [-0.3, -0.25) is 4.79 Å². The molecular weight excluding hydrogens is 253 g/mol. The Labute approximate surface area is 117 Å². The second kappa shape index (κ2) is 5.08. The van der Waals surface area contributed by atoms with Crippen molar-refractivity contribution in [3.63, 3.8) is 0 Å². The predicted octanol–water partition coefficient (Wildman–Crippen LogP) is 3.88. The maximum atomic E-state index is 13.7. The minimum atomic E-state index is -0.403. The first-order valence-electron chi connectivity index (χ1n) is 6.83. The van der Waals surface area contributed by atoms with Gasteiger partial charge in [-0.15, -0.1) is 0 Å². The Morgan fingerprint density at radius 3 is 2.70 bits per heavy atom.